The fourth-order valence-corrected chi connectivity index (χ4v) is 2.65. The van der Waals surface area contributed by atoms with E-state index in [0.29, 0.717) is 19.5 Å². The summed E-state index contributed by atoms with van der Waals surface area (Å²) in [6, 6.07) is 19.9. The highest BCUT2D eigenvalue weighted by Gasteiger charge is 2.38. The van der Waals surface area contributed by atoms with Crippen LogP contribution in [0.25, 0.3) is 0 Å². The molecular formula is C20H23NO2. The highest BCUT2D eigenvalue weighted by Crippen LogP contribution is 2.25. The molecule has 0 aliphatic rings. The van der Waals surface area contributed by atoms with E-state index < -0.39 is 11.5 Å². The third-order valence-electron chi connectivity index (χ3n) is 4.13. The second-order valence-corrected chi connectivity index (χ2v) is 5.90. The molecule has 0 amide bonds. The first-order chi connectivity index (χ1) is 11.1. The van der Waals surface area contributed by atoms with Gasteiger partial charge in [-0.1, -0.05) is 66.7 Å². The zero-order chi connectivity index (χ0) is 16.7. The van der Waals surface area contributed by atoms with E-state index >= 15 is 0 Å². The number of hydrogen-bond donors (Lipinski definition) is 1. The first kappa shape index (κ1) is 17.0. The summed E-state index contributed by atoms with van der Waals surface area (Å²) in [4.78, 5) is 13.9. The molecule has 120 valence electrons. The number of rotatable bonds is 8. The van der Waals surface area contributed by atoms with Crippen molar-refractivity contribution in [3.63, 3.8) is 0 Å². The summed E-state index contributed by atoms with van der Waals surface area (Å²) in [5, 5.41) is 9.80. The lowest BCUT2D eigenvalue weighted by atomic mass is 9.93. The van der Waals surface area contributed by atoms with Crippen LogP contribution in [0.2, 0.25) is 0 Å². The second-order valence-electron chi connectivity index (χ2n) is 5.90. The quantitative estimate of drug-likeness (QED) is 0.746. The molecule has 3 heteroatoms. The number of aliphatic carboxylic acids is 1. The van der Waals surface area contributed by atoms with Gasteiger partial charge < -0.3 is 5.11 Å². The summed E-state index contributed by atoms with van der Waals surface area (Å²) in [7, 11) is 0. The summed E-state index contributed by atoms with van der Waals surface area (Å²) in [5.74, 6) is -0.829. The molecule has 1 N–H and O–H groups in total. The van der Waals surface area contributed by atoms with Gasteiger partial charge in [0.15, 0.2) is 0 Å². The van der Waals surface area contributed by atoms with Crippen LogP contribution in [0, 0.1) is 0 Å². The van der Waals surface area contributed by atoms with Crippen molar-refractivity contribution in [1.29, 1.82) is 0 Å². The predicted octanol–water partition coefficient (Wildman–Crippen LogP) is 4.11. The van der Waals surface area contributed by atoms with Crippen LogP contribution >= 0.6 is 0 Å². The number of nitrogens with zero attached hydrogens (tertiary/aromatic N) is 1. The Morgan fingerprint density at radius 2 is 1.48 bits per heavy atom. The van der Waals surface area contributed by atoms with E-state index in [-0.39, 0.29) is 0 Å². The van der Waals surface area contributed by atoms with Gasteiger partial charge in [-0.25, -0.2) is 0 Å². The SMILES string of the molecule is C=CC[C@@](C)(C(=O)O)N(Cc1ccccc1)Cc1ccccc1. The van der Waals surface area contributed by atoms with Gasteiger partial charge in [-0.3, -0.25) is 9.69 Å². The lowest BCUT2D eigenvalue weighted by molar-refractivity contribution is -0.151. The van der Waals surface area contributed by atoms with Gasteiger partial charge in [0, 0.05) is 13.1 Å². The van der Waals surface area contributed by atoms with Gasteiger partial charge in [-0.15, -0.1) is 6.58 Å². The average Bonchev–Trinajstić information content (AvgIpc) is 2.56. The number of hydrogen-bond acceptors (Lipinski definition) is 2. The van der Waals surface area contributed by atoms with Crippen molar-refractivity contribution in [2.45, 2.75) is 32.0 Å². The molecule has 1 atom stereocenters. The summed E-state index contributed by atoms with van der Waals surface area (Å²) >= 11 is 0. The van der Waals surface area contributed by atoms with Crippen molar-refractivity contribution in [2.24, 2.45) is 0 Å². The first-order valence-electron chi connectivity index (χ1n) is 7.73. The minimum atomic E-state index is -0.993. The highest BCUT2D eigenvalue weighted by atomic mass is 16.4. The van der Waals surface area contributed by atoms with Crippen LogP contribution in [0.1, 0.15) is 24.5 Å². The van der Waals surface area contributed by atoms with Gasteiger partial charge in [0.2, 0.25) is 0 Å². The Morgan fingerprint density at radius 1 is 1.04 bits per heavy atom. The maximum Gasteiger partial charge on any atom is 0.324 e. The molecular weight excluding hydrogens is 286 g/mol. The van der Waals surface area contributed by atoms with E-state index in [1.165, 1.54) is 0 Å². The molecule has 0 aliphatic heterocycles. The van der Waals surface area contributed by atoms with Crippen molar-refractivity contribution in [1.82, 2.24) is 4.90 Å². The maximum atomic E-state index is 11.9. The first-order valence-corrected chi connectivity index (χ1v) is 7.73. The monoisotopic (exact) mass is 309 g/mol. The van der Waals surface area contributed by atoms with Crippen molar-refractivity contribution in [3.8, 4) is 0 Å². The normalized spacial score (nSPS) is 13.5. The van der Waals surface area contributed by atoms with E-state index in [1.54, 1.807) is 13.0 Å². The highest BCUT2D eigenvalue weighted by molar-refractivity contribution is 5.78. The third kappa shape index (κ3) is 4.30. The van der Waals surface area contributed by atoms with E-state index in [4.69, 9.17) is 0 Å². The minimum Gasteiger partial charge on any atom is -0.480 e. The molecule has 0 radical (unpaired) electrons. The number of benzene rings is 2. The van der Waals surface area contributed by atoms with Crippen LogP contribution in [-0.4, -0.2) is 21.5 Å². The largest absolute Gasteiger partial charge is 0.480 e. The van der Waals surface area contributed by atoms with Crippen LogP contribution in [0.4, 0.5) is 0 Å². The van der Waals surface area contributed by atoms with Gasteiger partial charge >= 0.3 is 5.97 Å². The Bertz CT molecular complexity index is 598. The number of carboxylic acids is 1. The molecule has 0 unspecified atom stereocenters. The Morgan fingerprint density at radius 3 is 1.83 bits per heavy atom. The van der Waals surface area contributed by atoms with Crippen LogP contribution in [-0.2, 0) is 17.9 Å². The minimum absolute atomic E-state index is 0.391. The Labute approximate surface area is 137 Å². The fourth-order valence-electron chi connectivity index (χ4n) is 2.65. The standard InChI is InChI=1S/C20H23NO2/c1-3-14-20(2,19(22)23)21(15-17-10-6-4-7-11-17)16-18-12-8-5-9-13-18/h3-13H,1,14-16H2,2H3,(H,22,23)/t20-/m0/s1. The van der Waals surface area contributed by atoms with Crippen molar-refractivity contribution >= 4 is 5.97 Å². The molecule has 3 nitrogen and oxygen atoms in total. The molecule has 2 aromatic rings. The second kappa shape index (κ2) is 7.75. The van der Waals surface area contributed by atoms with Crippen molar-refractivity contribution in [3.05, 3.63) is 84.4 Å². The molecule has 0 aliphatic carbocycles. The van der Waals surface area contributed by atoms with Crippen LogP contribution in [0.15, 0.2) is 73.3 Å². The molecule has 0 aromatic heterocycles. The summed E-state index contributed by atoms with van der Waals surface area (Å²) in [6.07, 6.45) is 2.07. The molecule has 2 rings (SSSR count). The molecule has 0 spiro atoms. The molecule has 0 saturated carbocycles. The molecule has 2 aromatic carbocycles. The van der Waals surface area contributed by atoms with Crippen molar-refractivity contribution in [2.75, 3.05) is 0 Å². The zero-order valence-corrected chi connectivity index (χ0v) is 13.5. The molecule has 23 heavy (non-hydrogen) atoms. The summed E-state index contributed by atoms with van der Waals surface area (Å²) in [6.45, 7) is 6.65. The van der Waals surface area contributed by atoms with Gasteiger partial charge in [0.25, 0.3) is 0 Å². The molecule has 0 saturated heterocycles. The third-order valence-corrected chi connectivity index (χ3v) is 4.13. The van der Waals surface area contributed by atoms with Crippen molar-refractivity contribution < 1.29 is 9.90 Å². The summed E-state index contributed by atoms with van der Waals surface area (Å²) < 4.78 is 0. The lowest BCUT2D eigenvalue weighted by Gasteiger charge is -2.37. The molecule has 0 bridgehead atoms. The Balaban J connectivity index is 2.33. The topological polar surface area (TPSA) is 40.5 Å². The van der Waals surface area contributed by atoms with Crippen LogP contribution in [0.3, 0.4) is 0 Å². The van der Waals surface area contributed by atoms with Gasteiger partial charge in [-0.2, -0.15) is 0 Å². The number of carbonyl (C=O) groups is 1. The number of carboxylic acid groups (broad SMARTS) is 1. The zero-order valence-electron chi connectivity index (χ0n) is 13.5. The predicted molar refractivity (Wildman–Crippen MR) is 93.0 cm³/mol. The lowest BCUT2D eigenvalue weighted by Crippen LogP contribution is -2.51. The smallest absolute Gasteiger partial charge is 0.324 e. The van der Waals surface area contributed by atoms with E-state index in [0.717, 1.165) is 11.1 Å². The Kier molecular flexibility index (Phi) is 5.72. The Hall–Kier alpha value is -2.39. The fraction of sp³-hybridized carbons (Fsp3) is 0.250. The molecule has 0 heterocycles. The van der Waals surface area contributed by atoms with Crippen LogP contribution < -0.4 is 0 Å². The molecule has 0 fully saturated rings. The van der Waals surface area contributed by atoms with Gasteiger partial charge in [0.1, 0.15) is 5.54 Å². The summed E-state index contributed by atoms with van der Waals surface area (Å²) in [5.41, 5.74) is 1.20. The van der Waals surface area contributed by atoms with Gasteiger partial charge in [-0.05, 0) is 24.5 Å². The van der Waals surface area contributed by atoms with E-state index in [2.05, 4.69) is 6.58 Å². The van der Waals surface area contributed by atoms with E-state index in [1.807, 2.05) is 65.6 Å². The maximum absolute atomic E-state index is 11.9. The average molecular weight is 309 g/mol. The van der Waals surface area contributed by atoms with E-state index in [9.17, 15) is 9.90 Å². The van der Waals surface area contributed by atoms with Crippen LogP contribution in [0.5, 0.6) is 0 Å². The van der Waals surface area contributed by atoms with Gasteiger partial charge in [0.05, 0.1) is 0 Å².